The van der Waals surface area contributed by atoms with Crippen LogP contribution in [0.4, 0.5) is 0 Å². The average molecular weight is 654 g/mol. The number of hydrogen-bond acceptors (Lipinski definition) is 16. The van der Waals surface area contributed by atoms with Crippen molar-refractivity contribution >= 4 is 5.97 Å². The van der Waals surface area contributed by atoms with E-state index >= 15 is 0 Å². The lowest BCUT2D eigenvalue weighted by atomic mass is 9.90. The minimum absolute atomic E-state index is 0.00430. The first kappa shape index (κ1) is 35.0. The second kappa shape index (κ2) is 16.1. The highest BCUT2D eigenvalue weighted by Crippen LogP contribution is 2.51. The second-order valence-corrected chi connectivity index (χ2v) is 10.6. The summed E-state index contributed by atoms with van der Waals surface area (Å²) < 4.78 is 34.1. The summed E-state index contributed by atoms with van der Waals surface area (Å²) in [4.78, 5) is 13.4. The molecule has 1 heterocycles. The third kappa shape index (κ3) is 8.48. The standard InChI is InChI=1S/C30H39NO15/c31-1-2-41-3-4-42-5-6-43-7-8-44-28-24-18(33)13-17(32)14-23(24)45-27(15-9-19(34)25(38)20(35)10-15)29(28)46-30(40)16-11-21(36)26(39)22(37)12-16/h9-11,13-14,21-22,26-29,32-39H,1-8,12,31H2. The Hall–Kier alpha value is -3.87. The van der Waals surface area contributed by atoms with Crippen LogP contribution in [0.1, 0.15) is 29.8 Å². The molecule has 10 N–H and O–H groups in total. The normalized spacial score (nSPS) is 24.1. The van der Waals surface area contributed by atoms with E-state index in [1.807, 2.05) is 0 Å². The zero-order valence-corrected chi connectivity index (χ0v) is 24.7. The Balaban J connectivity index is 1.58. The number of aromatic hydroxyl groups is 5. The van der Waals surface area contributed by atoms with Crippen LogP contribution in [0.15, 0.2) is 35.9 Å². The molecule has 2 aromatic rings. The van der Waals surface area contributed by atoms with E-state index in [9.17, 15) is 45.6 Å². The van der Waals surface area contributed by atoms with Crippen LogP contribution < -0.4 is 10.5 Å². The highest BCUT2D eigenvalue weighted by molar-refractivity contribution is 5.89. The molecule has 0 aromatic heterocycles. The van der Waals surface area contributed by atoms with Gasteiger partial charge in [-0.25, -0.2) is 4.79 Å². The first-order chi connectivity index (χ1) is 22.0. The van der Waals surface area contributed by atoms with Crippen molar-refractivity contribution in [2.24, 2.45) is 5.73 Å². The third-order valence-electron chi connectivity index (χ3n) is 7.24. The van der Waals surface area contributed by atoms with E-state index in [2.05, 4.69) is 0 Å². The number of hydrogen-bond donors (Lipinski definition) is 9. The van der Waals surface area contributed by atoms with E-state index in [1.54, 1.807) is 0 Å². The molecule has 2 aromatic carbocycles. The molecule has 0 saturated carbocycles. The van der Waals surface area contributed by atoms with Crippen molar-refractivity contribution in [1.82, 2.24) is 0 Å². The van der Waals surface area contributed by atoms with Gasteiger partial charge in [-0.2, -0.15) is 0 Å². The lowest BCUT2D eigenvalue weighted by Crippen LogP contribution is -2.43. The molecule has 0 saturated heterocycles. The molecule has 0 fully saturated rings. The summed E-state index contributed by atoms with van der Waals surface area (Å²) >= 11 is 0. The lowest BCUT2D eigenvalue weighted by molar-refractivity contribution is -0.171. The second-order valence-electron chi connectivity index (χ2n) is 10.6. The Kier molecular flexibility index (Phi) is 12.3. The minimum Gasteiger partial charge on any atom is -0.508 e. The minimum atomic E-state index is -1.56. The fourth-order valence-electron chi connectivity index (χ4n) is 5.01. The number of aliphatic hydroxyl groups excluding tert-OH is 3. The largest absolute Gasteiger partial charge is 0.508 e. The van der Waals surface area contributed by atoms with Crippen molar-refractivity contribution in [3.05, 3.63) is 47.0 Å². The van der Waals surface area contributed by atoms with Gasteiger partial charge >= 0.3 is 5.97 Å². The number of phenolic OH excluding ortho intramolecular Hbond substituents is 5. The number of phenols is 5. The predicted octanol–water partition coefficient (Wildman–Crippen LogP) is -0.261. The molecule has 0 radical (unpaired) electrons. The topological polar surface area (TPSA) is 260 Å². The van der Waals surface area contributed by atoms with Crippen molar-refractivity contribution in [1.29, 1.82) is 0 Å². The van der Waals surface area contributed by atoms with Gasteiger partial charge in [-0.1, -0.05) is 0 Å². The average Bonchev–Trinajstić information content (AvgIpc) is 3.01. The summed E-state index contributed by atoms with van der Waals surface area (Å²) in [6.07, 6.45) is -8.02. The monoisotopic (exact) mass is 653 g/mol. The summed E-state index contributed by atoms with van der Waals surface area (Å²) in [7, 11) is 0. The van der Waals surface area contributed by atoms with Crippen LogP contribution in [-0.2, 0) is 28.5 Å². The van der Waals surface area contributed by atoms with Crippen molar-refractivity contribution < 1.29 is 74.1 Å². The lowest BCUT2D eigenvalue weighted by Gasteiger charge is -2.39. The molecular weight excluding hydrogens is 614 g/mol. The van der Waals surface area contributed by atoms with Crippen LogP contribution >= 0.6 is 0 Å². The van der Waals surface area contributed by atoms with Crippen molar-refractivity contribution in [2.45, 2.75) is 43.0 Å². The summed E-state index contributed by atoms with van der Waals surface area (Å²) in [6, 6.07) is 4.32. The molecule has 16 heteroatoms. The van der Waals surface area contributed by atoms with Crippen LogP contribution in [-0.4, -0.2) is 124 Å². The molecule has 4 rings (SSSR count). The summed E-state index contributed by atoms with van der Waals surface area (Å²) in [6.45, 7) is 1.98. The highest BCUT2D eigenvalue weighted by Gasteiger charge is 2.46. The number of nitrogens with two attached hydrogens (primary N) is 1. The summed E-state index contributed by atoms with van der Waals surface area (Å²) in [5.74, 6) is -4.20. The molecule has 16 nitrogen and oxygen atoms in total. The number of carbonyl (C=O) groups is 1. The number of carbonyl (C=O) groups excluding carboxylic acids is 1. The van der Waals surface area contributed by atoms with E-state index in [4.69, 9.17) is 34.2 Å². The molecule has 0 bridgehead atoms. The van der Waals surface area contributed by atoms with Gasteiger partial charge in [-0.3, -0.25) is 0 Å². The maximum Gasteiger partial charge on any atom is 0.334 e. The molecule has 1 aliphatic carbocycles. The van der Waals surface area contributed by atoms with Gasteiger partial charge in [0.05, 0.1) is 57.9 Å². The van der Waals surface area contributed by atoms with Crippen LogP contribution in [0, 0.1) is 0 Å². The Bertz CT molecular complexity index is 1350. The van der Waals surface area contributed by atoms with Gasteiger partial charge in [-0.05, 0) is 18.2 Å². The summed E-state index contributed by atoms with van der Waals surface area (Å²) in [5, 5.41) is 81.4. The van der Waals surface area contributed by atoms with Crippen molar-refractivity contribution in [3.8, 4) is 34.5 Å². The van der Waals surface area contributed by atoms with Gasteiger partial charge in [0.15, 0.2) is 29.5 Å². The van der Waals surface area contributed by atoms with Gasteiger partial charge in [0.1, 0.15) is 35.6 Å². The molecule has 6 unspecified atom stereocenters. The fraction of sp³-hybridized carbons (Fsp3) is 0.500. The highest BCUT2D eigenvalue weighted by atomic mass is 16.6. The Morgan fingerprint density at radius 1 is 0.826 bits per heavy atom. The van der Waals surface area contributed by atoms with Crippen molar-refractivity contribution in [3.63, 3.8) is 0 Å². The number of ether oxygens (including phenoxy) is 6. The molecule has 0 amide bonds. The number of rotatable bonds is 15. The number of esters is 1. The maximum atomic E-state index is 13.4. The first-order valence-electron chi connectivity index (χ1n) is 14.5. The van der Waals surface area contributed by atoms with Gasteiger partial charge in [0, 0.05) is 36.2 Å². The summed E-state index contributed by atoms with van der Waals surface area (Å²) in [5.41, 5.74) is 5.18. The van der Waals surface area contributed by atoms with Gasteiger partial charge in [-0.15, -0.1) is 0 Å². The van der Waals surface area contributed by atoms with E-state index in [0.717, 1.165) is 24.3 Å². The first-order valence-corrected chi connectivity index (χ1v) is 14.5. The predicted molar refractivity (Wildman–Crippen MR) is 155 cm³/mol. The molecular formula is C30H39NO15. The van der Waals surface area contributed by atoms with Crippen LogP contribution in [0.2, 0.25) is 0 Å². The number of fused-ring (bicyclic) bond motifs is 1. The molecule has 1 aliphatic heterocycles. The Morgan fingerprint density at radius 3 is 2.04 bits per heavy atom. The molecule has 254 valence electrons. The van der Waals surface area contributed by atoms with E-state index in [0.29, 0.717) is 26.4 Å². The van der Waals surface area contributed by atoms with E-state index in [1.165, 1.54) is 6.07 Å². The SMILES string of the molecule is NCCOCCOCCOCCOC1c2c(O)cc(O)cc2OC(c2cc(O)c(O)c(O)c2)C1OC(=O)C1=CC(O)C(O)C(O)C1. The van der Waals surface area contributed by atoms with E-state index < -0.39 is 65.6 Å². The van der Waals surface area contributed by atoms with Gasteiger partial charge < -0.3 is 75.0 Å². The smallest absolute Gasteiger partial charge is 0.334 e. The molecule has 0 spiro atoms. The zero-order valence-electron chi connectivity index (χ0n) is 24.7. The number of aliphatic hydroxyl groups is 3. The van der Waals surface area contributed by atoms with Crippen LogP contribution in [0.3, 0.4) is 0 Å². The van der Waals surface area contributed by atoms with Crippen LogP contribution in [0.25, 0.3) is 0 Å². The quantitative estimate of drug-likeness (QED) is 0.0681. The molecule has 6 atom stereocenters. The molecule has 46 heavy (non-hydrogen) atoms. The van der Waals surface area contributed by atoms with E-state index in [-0.39, 0.29) is 61.0 Å². The van der Waals surface area contributed by atoms with Gasteiger partial charge in [0.2, 0.25) is 0 Å². The Labute approximate surface area is 263 Å². The van der Waals surface area contributed by atoms with Gasteiger partial charge in [0.25, 0.3) is 0 Å². The fourth-order valence-corrected chi connectivity index (χ4v) is 5.01. The zero-order chi connectivity index (χ0) is 33.4. The molecule has 2 aliphatic rings. The Morgan fingerprint density at radius 2 is 1.43 bits per heavy atom. The maximum absolute atomic E-state index is 13.4. The van der Waals surface area contributed by atoms with Crippen LogP contribution in [0.5, 0.6) is 34.5 Å². The number of benzene rings is 2. The third-order valence-corrected chi connectivity index (χ3v) is 7.24. The van der Waals surface area contributed by atoms with Crippen molar-refractivity contribution in [2.75, 3.05) is 52.8 Å².